The zero-order valence-electron chi connectivity index (χ0n) is 12.3. The molecule has 0 heterocycles. The Bertz CT molecular complexity index is 442. The Morgan fingerprint density at radius 3 is 2.45 bits per heavy atom. The Morgan fingerprint density at radius 1 is 1.15 bits per heavy atom. The van der Waals surface area contributed by atoms with Gasteiger partial charge in [-0.2, -0.15) is 0 Å². The molecule has 1 saturated carbocycles. The summed E-state index contributed by atoms with van der Waals surface area (Å²) >= 11 is 0. The van der Waals surface area contributed by atoms with Crippen molar-refractivity contribution in [1.82, 2.24) is 5.32 Å². The third-order valence-corrected chi connectivity index (χ3v) is 3.94. The first-order valence-corrected chi connectivity index (χ1v) is 7.34. The van der Waals surface area contributed by atoms with Crippen LogP contribution in [0.3, 0.4) is 0 Å². The molecule has 0 saturated heterocycles. The van der Waals surface area contributed by atoms with Crippen LogP contribution in [-0.4, -0.2) is 37.3 Å². The first-order chi connectivity index (χ1) is 9.58. The van der Waals surface area contributed by atoms with Gasteiger partial charge in [0.1, 0.15) is 0 Å². The van der Waals surface area contributed by atoms with Crippen LogP contribution in [0.1, 0.15) is 42.5 Å². The van der Waals surface area contributed by atoms with Crippen molar-refractivity contribution in [3.05, 3.63) is 29.8 Å². The lowest BCUT2D eigenvalue weighted by Gasteiger charge is -2.22. The zero-order chi connectivity index (χ0) is 14.5. The number of carbonyl (C=O) groups excluding carboxylic acids is 1. The number of benzene rings is 1. The number of anilines is 1. The Hall–Kier alpha value is -1.55. The molecule has 0 aromatic heterocycles. The molecule has 1 aromatic rings. The van der Waals surface area contributed by atoms with Crippen molar-refractivity contribution in [1.29, 1.82) is 0 Å². The highest BCUT2D eigenvalue weighted by atomic mass is 16.3. The molecule has 1 aromatic carbocycles. The van der Waals surface area contributed by atoms with E-state index in [9.17, 15) is 9.90 Å². The van der Waals surface area contributed by atoms with Gasteiger partial charge < -0.3 is 15.3 Å². The molecule has 20 heavy (non-hydrogen) atoms. The predicted molar refractivity (Wildman–Crippen MR) is 81.1 cm³/mol. The summed E-state index contributed by atoms with van der Waals surface area (Å²) in [6.07, 6.45) is 4.49. The summed E-state index contributed by atoms with van der Waals surface area (Å²) in [4.78, 5) is 14.2. The number of aliphatic hydroxyl groups excluding tert-OH is 1. The van der Waals surface area contributed by atoms with Crippen LogP contribution in [0.15, 0.2) is 24.3 Å². The molecule has 0 aliphatic heterocycles. The average Bonchev–Trinajstić information content (AvgIpc) is 2.64. The molecule has 1 amide bonds. The Labute approximate surface area is 120 Å². The fourth-order valence-electron chi connectivity index (χ4n) is 2.62. The molecule has 1 aliphatic rings. The second-order valence-corrected chi connectivity index (χ2v) is 5.73. The third kappa shape index (κ3) is 3.73. The van der Waals surface area contributed by atoms with Crippen LogP contribution in [0, 0.1) is 0 Å². The summed E-state index contributed by atoms with van der Waals surface area (Å²) in [6, 6.07) is 7.40. The van der Waals surface area contributed by atoms with Gasteiger partial charge in [-0.1, -0.05) is 19.3 Å². The van der Waals surface area contributed by atoms with E-state index in [-0.39, 0.29) is 11.9 Å². The van der Waals surface area contributed by atoms with Gasteiger partial charge in [0.25, 0.3) is 5.91 Å². The number of rotatable bonds is 3. The summed E-state index contributed by atoms with van der Waals surface area (Å²) in [5, 5.41) is 13.0. The molecule has 110 valence electrons. The lowest BCUT2D eigenvalue weighted by Crippen LogP contribution is -2.42. The molecule has 0 spiro atoms. The standard InChI is InChI=1S/C16H24N2O2/c1-18(2)13-10-8-12(9-11-13)16(20)17-14-6-4-3-5-7-15(14)19/h8-11,14-15,19H,3-7H2,1-2H3,(H,17,20)/t14-,15+/m1/s1. The van der Waals surface area contributed by atoms with Crippen molar-refractivity contribution in [3.8, 4) is 0 Å². The molecule has 4 heteroatoms. The number of nitrogens with zero attached hydrogens (tertiary/aromatic N) is 1. The van der Waals surface area contributed by atoms with E-state index in [2.05, 4.69) is 5.32 Å². The maximum atomic E-state index is 12.2. The van der Waals surface area contributed by atoms with Crippen LogP contribution in [0.2, 0.25) is 0 Å². The van der Waals surface area contributed by atoms with Crippen molar-refractivity contribution < 1.29 is 9.90 Å². The van der Waals surface area contributed by atoms with Gasteiger partial charge >= 0.3 is 0 Å². The van der Waals surface area contributed by atoms with Gasteiger partial charge in [0.15, 0.2) is 0 Å². The number of aliphatic hydroxyl groups is 1. The third-order valence-electron chi connectivity index (χ3n) is 3.94. The zero-order valence-corrected chi connectivity index (χ0v) is 12.3. The van der Waals surface area contributed by atoms with Crippen LogP contribution in [-0.2, 0) is 0 Å². The lowest BCUT2D eigenvalue weighted by atomic mass is 10.1. The van der Waals surface area contributed by atoms with E-state index in [1.54, 1.807) is 0 Å². The molecule has 2 N–H and O–H groups in total. The largest absolute Gasteiger partial charge is 0.391 e. The van der Waals surface area contributed by atoms with E-state index in [1.807, 2.05) is 43.3 Å². The highest BCUT2D eigenvalue weighted by Gasteiger charge is 2.23. The second-order valence-electron chi connectivity index (χ2n) is 5.73. The van der Waals surface area contributed by atoms with Crippen molar-refractivity contribution in [2.45, 2.75) is 44.2 Å². The summed E-state index contributed by atoms with van der Waals surface area (Å²) in [5.41, 5.74) is 1.71. The molecule has 1 aliphatic carbocycles. The van der Waals surface area contributed by atoms with Gasteiger partial charge in [0, 0.05) is 25.3 Å². The van der Waals surface area contributed by atoms with Crippen LogP contribution in [0.5, 0.6) is 0 Å². The molecule has 0 unspecified atom stereocenters. The monoisotopic (exact) mass is 276 g/mol. The van der Waals surface area contributed by atoms with E-state index in [1.165, 1.54) is 0 Å². The molecule has 0 radical (unpaired) electrons. The maximum Gasteiger partial charge on any atom is 0.251 e. The normalized spacial score (nSPS) is 22.9. The first-order valence-electron chi connectivity index (χ1n) is 7.34. The number of amides is 1. The summed E-state index contributed by atoms with van der Waals surface area (Å²) < 4.78 is 0. The van der Waals surface area contributed by atoms with Gasteiger partial charge in [-0.15, -0.1) is 0 Å². The number of nitrogens with one attached hydrogen (secondary N) is 1. The maximum absolute atomic E-state index is 12.2. The highest BCUT2D eigenvalue weighted by molar-refractivity contribution is 5.94. The second kappa shape index (κ2) is 6.75. The van der Waals surface area contributed by atoms with Crippen LogP contribution in [0.4, 0.5) is 5.69 Å². The van der Waals surface area contributed by atoms with Crippen LogP contribution in [0.25, 0.3) is 0 Å². The minimum atomic E-state index is -0.414. The van der Waals surface area contributed by atoms with Gasteiger partial charge in [-0.3, -0.25) is 4.79 Å². The predicted octanol–water partition coefficient (Wildman–Crippen LogP) is 2.18. The molecular weight excluding hydrogens is 252 g/mol. The van der Waals surface area contributed by atoms with Gasteiger partial charge in [0.05, 0.1) is 12.1 Å². The number of carbonyl (C=O) groups is 1. The molecule has 2 rings (SSSR count). The van der Waals surface area contributed by atoms with Crippen LogP contribution < -0.4 is 10.2 Å². The Balaban J connectivity index is 1.99. The quantitative estimate of drug-likeness (QED) is 0.832. The van der Waals surface area contributed by atoms with Gasteiger partial charge in [-0.05, 0) is 37.1 Å². The fraction of sp³-hybridized carbons (Fsp3) is 0.562. The van der Waals surface area contributed by atoms with Crippen molar-refractivity contribution in [2.75, 3.05) is 19.0 Å². The molecule has 1 fully saturated rings. The molecule has 0 bridgehead atoms. The summed E-state index contributed by atoms with van der Waals surface area (Å²) in [5.74, 6) is -0.0961. The van der Waals surface area contributed by atoms with E-state index in [4.69, 9.17) is 0 Å². The van der Waals surface area contributed by atoms with Gasteiger partial charge in [0.2, 0.25) is 0 Å². The topological polar surface area (TPSA) is 52.6 Å². The summed E-state index contributed by atoms with van der Waals surface area (Å²) in [6.45, 7) is 0. The minimum Gasteiger partial charge on any atom is -0.391 e. The molecular formula is C16H24N2O2. The Morgan fingerprint density at radius 2 is 1.80 bits per heavy atom. The van der Waals surface area contributed by atoms with E-state index >= 15 is 0 Å². The van der Waals surface area contributed by atoms with E-state index in [0.717, 1.165) is 37.8 Å². The lowest BCUT2D eigenvalue weighted by molar-refractivity contribution is 0.0819. The molecule has 4 nitrogen and oxygen atoms in total. The number of hydrogen-bond donors (Lipinski definition) is 2. The number of hydrogen-bond acceptors (Lipinski definition) is 3. The SMILES string of the molecule is CN(C)c1ccc(C(=O)N[C@@H]2CCCCC[C@@H]2O)cc1. The summed E-state index contributed by atoms with van der Waals surface area (Å²) in [7, 11) is 3.94. The van der Waals surface area contributed by atoms with Crippen molar-refractivity contribution in [3.63, 3.8) is 0 Å². The van der Waals surface area contributed by atoms with E-state index in [0.29, 0.717) is 5.56 Å². The van der Waals surface area contributed by atoms with Crippen LogP contribution >= 0.6 is 0 Å². The smallest absolute Gasteiger partial charge is 0.251 e. The van der Waals surface area contributed by atoms with Gasteiger partial charge in [-0.25, -0.2) is 0 Å². The minimum absolute atomic E-state index is 0.0961. The average molecular weight is 276 g/mol. The highest BCUT2D eigenvalue weighted by Crippen LogP contribution is 2.19. The first kappa shape index (κ1) is 14.9. The van der Waals surface area contributed by atoms with E-state index < -0.39 is 6.10 Å². The van der Waals surface area contributed by atoms with Crippen molar-refractivity contribution >= 4 is 11.6 Å². The fourth-order valence-corrected chi connectivity index (χ4v) is 2.62. The van der Waals surface area contributed by atoms with Crippen molar-refractivity contribution in [2.24, 2.45) is 0 Å². The Kier molecular flexibility index (Phi) is 5.01. The molecule has 2 atom stereocenters.